The highest BCUT2D eigenvalue weighted by atomic mass is 35.5. The van der Waals surface area contributed by atoms with Crippen LogP contribution in [0.25, 0.3) is 0 Å². The number of nitrogens with one attached hydrogen (secondary N) is 3. The maximum Gasteiger partial charge on any atom is 0.327 e. The molecule has 0 atom stereocenters. The van der Waals surface area contributed by atoms with Gasteiger partial charge in [-0.2, -0.15) is 0 Å². The van der Waals surface area contributed by atoms with Gasteiger partial charge < -0.3 is 9.73 Å². The maximum atomic E-state index is 11.7. The number of pyridine rings is 1. The third-order valence-corrected chi connectivity index (χ3v) is 2.71. The van der Waals surface area contributed by atoms with E-state index in [4.69, 9.17) is 16.0 Å². The molecule has 0 saturated carbocycles. The fourth-order valence-corrected chi connectivity index (χ4v) is 1.53. The van der Waals surface area contributed by atoms with E-state index < -0.39 is 17.7 Å². The van der Waals surface area contributed by atoms with E-state index in [-0.39, 0.29) is 17.3 Å². The quantitative estimate of drug-likeness (QED) is 0.430. The van der Waals surface area contributed by atoms with Gasteiger partial charge in [-0.05, 0) is 24.3 Å². The summed E-state index contributed by atoms with van der Waals surface area (Å²) in [4.78, 5) is 38.4. The average molecular weight is 323 g/mol. The highest BCUT2D eigenvalue weighted by Gasteiger charge is 2.15. The molecule has 2 heterocycles. The van der Waals surface area contributed by atoms with E-state index in [9.17, 15) is 14.4 Å². The minimum atomic E-state index is -1.01. The van der Waals surface area contributed by atoms with Crippen LogP contribution in [0.15, 0.2) is 41.1 Å². The number of furan rings is 1. The number of carbonyl (C=O) groups is 3. The van der Waals surface area contributed by atoms with Gasteiger partial charge in [0, 0.05) is 6.20 Å². The van der Waals surface area contributed by atoms with Gasteiger partial charge in [-0.25, -0.2) is 4.98 Å². The van der Waals surface area contributed by atoms with Gasteiger partial charge in [0.15, 0.2) is 0 Å². The number of amides is 3. The van der Waals surface area contributed by atoms with E-state index in [1.165, 1.54) is 24.6 Å². The number of nitrogens with zero attached hydrogens (tertiary/aromatic N) is 1. The first-order valence-electron chi connectivity index (χ1n) is 6.08. The molecule has 3 amide bonds. The van der Waals surface area contributed by atoms with Crippen LogP contribution in [0.3, 0.4) is 0 Å². The van der Waals surface area contributed by atoms with Crippen molar-refractivity contribution in [3.05, 3.63) is 53.2 Å². The van der Waals surface area contributed by atoms with E-state index in [0.717, 1.165) is 0 Å². The van der Waals surface area contributed by atoms with Crippen LogP contribution in [0.1, 0.15) is 16.1 Å². The monoisotopic (exact) mass is 322 g/mol. The molecule has 114 valence electrons. The minimum absolute atomic E-state index is 0.0638. The summed E-state index contributed by atoms with van der Waals surface area (Å²) in [7, 11) is 0. The third kappa shape index (κ3) is 4.32. The molecule has 0 saturated heterocycles. The van der Waals surface area contributed by atoms with Gasteiger partial charge in [-0.15, -0.1) is 0 Å². The van der Waals surface area contributed by atoms with Gasteiger partial charge >= 0.3 is 11.8 Å². The summed E-state index contributed by atoms with van der Waals surface area (Å²) in [6, 6.07) is 6.15. The molecule has 2 rings (SSSR count). The molecule has 3 N–H and O–H groups in total. The van der Waals surface area contributed by atoms with Crippen molar-refractivity contribution in [2.24, 2.45) is 0 Å². The van der Waals surface area contributed by atoms with Crippen LogP contribution in [0, 0.1) is 0 Å². The Morgan fingerprint density at radius 2 is 1.95 bits per heavy atom. The Balaban J connectivity index is 1.77. The standard InChI is InChI=1S/C13H11ClN4O4/c14-10-4-3-8(6-15-10)11(19)17-18-13(21)12(20)16-7-9-2-1-5-22-9/h1-6H,7H2,(H,16,20)(H,17,19)(H,18,21). The number of carbonyl (C=O) groups excluding carboxylic acids is 3. The number of halogens is 1. The lowest BCUT2D eigenvalue weighted by Crippen LogP contribution is -2.48. The number of hydrogen-bond donors (Lipinski definition) is 3. The summed E-state index contributed by atoms with van der Waals surface area (Å²) < 4.78 is 5.00. The smallest absolute Gasteiger partial charge is 0.327 e. The lowest BCUT2D eigenvalue weighted by molar-refractivity contribution is -0.139. The number of hydrogen-bond acceptors (Lipinski definition) is 5. The van der Waals surface area contributed by atoms with Crippen LogP contribution >= 0.6 is 11.6 Å². The van der Waals surface area contributed by atoms with E-state index in [2.05, 4.69) is 15.7 Å². The summed E-state index contributed by atoms with van der Waals surface area (Å²) in [6.45, 7) is 0.0638. The van der Waals surface area contributed by atoms with Gasteiger partial charge in [0.1, 0.15) is 10.9 Å². The zero-order valence-corrected chi connectivity index (χ0v) is 11.9. The Bertz CT molecular complexity index is 670. The molecular formula is C13H11ClN4O4. The highest BCUT2D eigenvalue weighted by Crippen LogP contribution is 2.04. The van der Waals surface area contributed by atoms with E-state index in [0.29, 0.717) is 5.76 Å². The molecule has 9 heteroatoms. The largest absolute Gasteiger partial charge is 0.467 e. The lowest BCUT2D eigenvalue weighted by atomic mass is 10.3. The maximum absolute atomic E-state index is 11.7. The zero-order chi connectivity index (χ0) is 15.9. The first-order valence-corrected chi connectivity index (χ1v) is 6.46. The van der Waals surface area contributed by atoms with Crippen LogP contribution in [0.4, 0.5) is 0 Å². The van der Waals surface area contributed by atoms with Crippen LogP contribution in [0.2, 0.25) is 5.15 Å². The second-order valence-electron chi connectivity index (χ2n) is 4.04. The second kappa shape index (κ2) is 7.23. The van der Waals surface area contributed by atoms with E-state index >= 15 is 0 Å². The van der Waals surface area contributed by atoms with Crippen molar-refractivity contribution >= 4 is 29.3 Å². The molecule has 2 aromatic heterocycles. The van der Waals surface area contributed by atoms with Gasteiger partial charge in [0.2, 0.25) is 0 Å². The van der Waals surface area contributed by atoms with Gasteiger partial charge in [-0.1, -0.05) is 11.6 Å². The van der Waals surface area contributed by atoms with Crippen molar-refractivity contribution < 1.29 is 18.8 Å². The molecule has 0 fully saturated rings. The first-order chi connectivity index (χ1) is 10.6. The molecule has 8 nitrogen and oxygen atoms in total. The minimum Gasteiger partial charge on any atom is -0.467 e. The highest BCUT2D eigenvalue weighted by molar-refractivity contribution is 6.35. The molecule has 0 aliphatic heterocycles. The fraction of sp³-hybridized carbons (Fsp3) is 0.0769. The Morgan fingerprint density at radius 1 is 1.14 bits per heavy atom. The van der Waals surface area contributed by atoms with Gasteiger partial charge in [-0.3, -0.25) is 25.2 Å². The Labute approximate surface area is 129 Å². The summed E-state index contributed by atoms with van der Waals surface area (Å²) >= 11 is 5.59. The van der Waals surface area contributed by atoms with E-state index in [1.54, 1.807) is 12.1 Å². The van der Waals surface area contributed by atoms with Crippen molar-refractivity contribution in [2.45, 2.75) is 6.54 Å². The normalized spacial score (nSPS) is 9.86. The zero-order valence-electron chi connectivity index (χ0n) is 11.1. The van der Waals surface area contributed by atoms with Gasteiger partial charge in [0.05, 0.1) is 18.4 Å². The van der Waals surface area contributed by atoms with Crippen LogP contribution in [-0.4, -0.2) is 22.7 Å². The number of rotatable bonds is 3. The molecular weight excluding hydrogens is 312 g/mol. The summed E-state index contributed by atoms with van der Waals surface area (Å²) in [5.41, 5.74) is 4.25. The third-order valence-electron chi connectivity index (χ3n) is 2.49. The SMILES string of the molecule is O=C(NCc1ccco1)C(=O)NNC(=O)c1ccc(Cl)nc1. The molecule has 0 radical (unpaired) electrons. The molecule has 0 spiro atoms. The Hall–Kier alpha value is -2.87. The number of hydrazine groups is 1. The second-order valence-corrected chi connectivity index (χ2v) is 4.43. The topological polar surface area (TPSA) is 113 Å². The average Bonchev–Trinajstić information content (AvgIpc) is 3.04. The predicted molar refractivity (Wildman–Crippen MR) is 75.4 cm³/mol. The summed E-state index contributed by atoms with van der Waals surface area (Å²) in [5.74, 6) is -2.05. The van der Waals surface area contributed by atoms with Crippen molar-refractivity contribution in [2.75, 3.05) is 0 Å². The van der Waals surface area contributed by atoms with Crippen molar-refractivity contribution in [3.63, 3.8) is 0 Å². The fourth-order valence-electron chi connectivity index (χ4n) is 1.41. The van der Waals surface area contributed by atoms with Crippen LogP contribution in [0.5, 0.6) is 0 Å². The first kappa shape index (κ1) is 15.5. The summed E-state index contributed by atoms with van der Waals surface area (Å²) in [6.07, 6.45) is 2.68. The lowest BCUT2D eigenvalue weighted by Gasteiger charge is -2.07. The molecule has 0 aliphatic rings. The molecule has 0 unspecified atom stereocenters. The Morgan fingerprint density at radius 3 is 2.59 bits per heavy atom. The van der Waals surface area contributed by atoms with Crippen LogP contribution in [-0.2, 0) is 16.1 Å². The number of aromatic nitrogens is 1. The van der Waals surface area contributed by atoms with E-state index in [1.807, 2.05) is 5.43 Å². The molecule has 0 aromatic carbocycles. The summed E-state index contributed by atoms with van der Waals surface area (Å²) in [5, 5.41) is 2.56. The molecule has 2 aromatic rings. The molecule has 0 bridgehead atoms. The van der Waals surface area contributed by atoms with Crippen molar-refractivity contribution in [3.8, 4) is 0 Å². The van der Waals surface area contributed by atoms with Crippen molar-refractivity contribution in [1.29, 1.82) is 0 Å². The van der Waals surface area contributed by atoms with Gasteiger partial charge in [0.25, 0.3) is 5.91 Å². The molecule has 0 aliphatic carbocycles. The predicted octanol–water partition coefficient (Wildman–Crippen LogP) is 0.405. The molecule has 22 heavy (non-hydrogen) atoms. The Kier molecular flexibility index (Phi) is 5.10. The van der Waals surface area contributed by atoms with Crippen molar-refractivity contribution in [1.82, 2.24) is 21.2 Å². The van der Waals surface area contributed by atoms with Crippen LogP contribution < -0.4 is 16.2 Å².